The lowest BCUT2D eigenvalue weighted by Gasteiger charge is -2.09. The van der Waals surface area contributed by atoms with Crippen molar-refractivity contribution in [3.63, 3.8) is 0 Å². The molecule has 0 fully saturated rings. The fourth-order valence-electron chi connectivity index (χ4n) is 1.56. The first kappa shape index (κ1) is 13.7. The van der Waals surface area contributed by atoms with Gasteiger partial charge in [0, 0.05) is 11.3 Å². The number of benzene rings is 2. The Morgan fingerprint density at radius 1 is 1.05 bits per heavy atom. The normalized spacial score (nSPS) is 9.35. The maximum absolute atomic E-state index is 11.9. The van der Waals surface area contributed by atoms with E-state index in [4.69, 9.17) is 17.5 Å². The van der Waals surface area contributed by atoms with Crippen molar-refractivity contribution in [3.05, 3.63) is 65.7 Å². The number of carbonyl (C=O) groups is 1. The quantitative estimate of drug-likeness (QED) is 0.831. The highest BCUT2D eigenvalue weighted by Gasteiger charge is 2.07. The van der Waals surface area contributed by atoms with Gasteiger partial charge in [0.15, 0.2) is 5.11 Å². The van der Waals surface area contributed by atoms with Crippen LogP contribution < -0.4 is 10.6 Å². The van der Waals surface area contributed by atoms with Crippen LogP contribution in [0.1, 0.15) is 15.9 Å². The number of nitrogens with one attached hydrogen (secondary N) is 2. The number of carbonyl (C=O) groups excluding carboxylic acids is 1. The number of thiocarbonyl (C=S) groups is 1. The minimum atomic E-state index is -0.317. The van der Waals surface area contributed by atoms with Gasteiger partial charge in [-0.15, -0.1) is 0 Å². The van der Waals surface area contributed by atoms with E-state index in [0.29, 0.717) is 11.1 Å². The summed E-state index contributed by atoms with van der Waals surface area (Å²) in [6.07, 6.45) is 0. The average Bonchev–Trinajstić information content (AvgIpc) is 2.48. The SMILES string of the molecule is N#Cc1ccc(C(=O)NC(=S)Nc2ccccc2)cc1. The molecule has 0 atom stereocenters. The molecule has 0 aliphatic carbocycles. The topological polar surface area (TPSA) is 64.9 Å². The van der Waals surface area contributed by atoms with E-state index in [1.807, 2.05) is 36.4 Å². The lowest BCUT2D eigenvalue weighted by molar-refractivity contribution is 0.0978. The first-order valence-electron chi connectivity index (χ1n) is 5.86. The number of anilines is 1. The molecule has 0 spiro atoms. The van der Waals surface area contributed by atoms with Gasteiger partial charge in [-0.05, 0) is 48.6 Å². The molecule has 0 radical (unpaired) electrons. The van der Waals surface area contributed by atoms with Crippen molar-refractivity contribution in [2.45, 2.75) is 0 Å². The van der Waals surface area contributed by atoms with Crippen molar-refractivity contribution in [2.24, 2.45) is 0 Å². The molecule has 2 N–H and O–H groups in total. The summed E-state index contributed by atoms with van der Waals surface area (Å²) in [5.74, 6) is -0.317. The van der Waals surface area contributed by atoms with Crippen LogP contribution in [0.4, 0.5) is 5.69 Å². The molecule has 0 unspecified atom stereocenters. The summed E-state index contributed by atoms with van der Waals surface area (Å²) in [5, 5.41) is 14.4. The second kappa shape index (κ2) is 6.45. The van der Waals surface area contributed by atoms with Gasteiger partial charge in [-0.1, -0.05) is 18.2 Å². The fraction of sp³-hybridized carbons (Fsp3) is 0. The molecule has 0 saturated heterocycles. The standard InChI is InChI=1S/C15H11N3OS/c16-10-11-6-8-12(9-7-11)14(19)18-15(20)17-13-4-2-1-3-5-13/h1-9H,(H2,17,18,19,20). The van der Waals surface area contributed by atoms with Crippen LogP contribution in [0, 0.1) is 11.3 Å². The Morgan fingerprint density at radius 3 is 2.30 bits per heavy atom. The van der Waals surface area contributed by atoms with E-state index in [9.17, 15) is 4.79 Å². The van der Waals surface area contributed by atoms with Crippen LogP contribution in [0.2, 0.25) is 0 Å². The van der Waals surface area contributed by atoms with Crippen LogP contribution in [-0.2, 0) is 0 Å². The van der Waals surface area contributed by atoms with Gasteiger partial charge >= 0.3 is 0 Å². The highest BCUT2D eigenvalue weighted by molar-refractivity contribution is 7.80. The predicted molar refractivity (Wildman–Crippen MR) is 81.3 cm³/mol. The van der Waals surface area contributed by atoms with Gasteiger partial charge in [-0.3, -0.25) is 10.1 Å². The molecular weight excluding hydrogens is 270 g/mol. The molecule has 2 aromatic rings. The minimum Gasteiger partial charge on any atom is -0.332 e. The first-order valence-corrected chi connectivity index (χ1v) is 6.27. The van der Waals surface area contributed by atoms with E-state index >= 15 is 0 Å². The molecular formula is C15H11N3OS. The lowest BCUT2D eigenvalue weighted by atomic mass is 10.1. The van der Waals surface area contributed by atoms with Crippen LogP contribution >= 0.6 is 12.2 Å². The van der Waals surface area contributed by atoms with Gasteiger partial charge in [0.25, 0.3) is 5.91 Å². The summed E-state index contributed by atoms with van der Waals surface area (Å²) in [4.78, 5) is 11.9. The van der Waals surface area contributed by atoms with Gasteiger partial charge in [-0.2, -0.15) is 5.26 Å². The molecule has 0 saturated carbocycles. The number of nitrogens with zero attached hydrogens (tertiary/aromatic N) is 1. The summed E-state index contributed by atoms with van der Waals surface area (Å²) < 4.78 is 0. The number of para-hydroxylation sites is 1. The van der Waals surface area contributed by atoms with Gasteiger partial charge in [0.1, 0.15) is 0 Å². The van der Waals surface area contributed by atoms with E-state index in [1.165, 1.54) is 0 Å². The number of hydrogen-bond donors (Lipinski definition) is 2. The Labute approximate surface area is 122 Å². The van der Waals surface area contributed by atoms with E-state index in [2.05, 4.69) is 10.6 Å². The Kier molecular flexibility index (Phi) is 4.43. The molecule has 0 aliphatic heterocycles. The molecule has 1 amide bonds. The maximum atomic E-state index is 11.9. The third-order valence-electron chi connectivity index (χ3n) is 2.53. The zero-order valence-corrected chi connectivity index (χ0v) is 11.3. The zero-order valence-electron chi connectivity index (χ0n) is 10.5. The maximum Gasteiger partial charge on any atom is 0.257 e. The van der Waals surface area contributed by atoms with Gasteiger partial charge in [0.05, 0.1) is 11.6 Å². The molecule has 20 heavy (non-hydrogen) atoms. The van der Waals surface area contributed by atoms with Crippen LogP contribution in [0.25, 0.3) is 0 Å². The largest absolute Gasteiger partial charge is 0.332 e. The second-order valence-electron chi connectivity index (χ2n) is 3.96. The summed E-state index contributed by atoms with van der Waals surface area (Å²) >= 11 is 5.07. The van der Waals surface area contributed by atoms with E-state index in [-0.39, 0.29) is 11.0 Å². The highest BCUT2D eigenvalue weighted by atomic mass is 32.1. The Bertz CT molecular complexity index is 660. The van der Waals surface area contributed by atoms with Crippen LogP contribution in [0.5, 0.6) is 0 Å². The Hall–Kier alpha value is -2.71. The third kappa shape index (κ3) is 3.64. The second-order valence-corrected chi connectivity index (χ2v) is 4.37. The monoisotopic (exact) mass is 281 g/mol. The van der Waals surface area contributed by atoms with Gasteiger partial charge in [-0.25, -0.2) is 0 Å². The Balaban J connectivity index is 1.97. The van der Waals surface area contributed by atoms with Crippen LogP contribution in [0.15, 0.2) is 54.6 Å². The summed E-state index contributed by atoms with van der Waals surface area (Å²) in [6, 6.07) is 17.7. The molecule has 5 heteroatoms. The third-order valence-corrected chi connectivity index (χ3v) is 2.74. The van der Waals surface area contributed by atoms with Crippen LogP contribution in [0.3, 0.4) is 0 Å². The minimum absolute atomic E-state index is 0.227. The molecule has 0 aromatic heterocycles. The van der Waals surface area contributed by atoms with Crippen LogP contribution in [-0.4, -0.2) is 11.0 Å². The first-order chi connectivity index (χ1) is 9.69. The molecule has 0 aliphatic rings. The molecule has 0 heterocycles. The lowest BCUT2D eigenvalue weighted by Crippen LogP contribution is -2.34. The summed E-state index contributed by atoms with van der Waals surface area (Å²) in [7, 11) is 0. The van der Waals surface area contributed by atoms with Gasteiger partial charge < -0.3 is 5.32 Å². The van der Waals surface area contributed by atoms with Crippen molar-refractivity contribution in [1.82, 2.24) is 5.32 Å². The molecule has 2 aromatic carbocycles. The zero-order chi connectivity index (χ0) is 14.4. The van der Waals surface area contributed by atoms with Crippen molar-refractivity contribution < 1.29 is 4.79 Å². The number of amides is 1. The fourth-order valence-corrected chi connectivity index (χ4v) is 1.77. The number of nitriles is 1. The molecule has 4 nitrogen and oxygen atoms in total. The molecule has 0 bridgehead atoms. The molecule has 2 rings (SSSR count). The highest BCUT2D eigenvalue weighted by Crippen LogP contribution is 2.06. The summed E-state index contributed by atoms with van der Waals surface area (Å²) in [6.45, 7) is 0. The smallest absolute Gasteiger partial charge is 0.257 e. The summed E-state index contributed by atoms with van der Waals surface area (Å²) in [5.41, 5.74) is 1.75. The number of hydrogen-bond acceptors (Lipinski definition) is 3. The van der Waals surface area contributed by atoms with Crippen molar-refractivity contribution in [2.75, 3.05) is 5.32 Å². The van der Waals surface area contributed by atoms with E-state index in [0.717, 1.165) is 5.69 Å². The van der Waals surface area contributed by atoms with Crippen molar-refractivity contribution >= 4 is 28.9 Å². The predicted octanol–water partition coefficient (Wildman–Crippen LogP) is 2.69. The molecule has 98 valence electrons. The van der Waals surface area contributed by atoms with Crippen molar-refractivity contribution in [3.8, 4) is 6.07 Å². The van der Waals surface area contributed by atoms with E-state index < -0.39 is 0 Å². The van der Waals surface area contributed by atoms with E-state index in [1.54, 1.807) is 24.3 Å². The number of rotatable bonds is 2. The average molecular weight is 281 g/mol. The van der Waals surface area contributed by atoms with Crippen molar-refractivity contribution in [1.29, 1.82) is 5.26 Å². The van der Waals surface area contributed by atoms with Gasteiger partial charge in [0.2, 0.25) is 0 Å². The Morgan fingerprint density at radius 2 is 1.70 bits per heavy atom.